The molecule has 3 saturated carbocycles. The van der Waals surface area contributed by atoms with Crippen LogP contribution in [0.4, 0.5) is 13.2 Å². The number of amides is 1. The topological polar surface area (TPSA) is 73.2 Å². The fraction of sp³-hybridized carbons (Fsp3) is 0.476. The van der Waals surface area contributed by atoms with Gasteiger partial charge < -0.3 is 10.1 Å². The highest BCUT2D eigenvalue weighted by Crippen LogP contribution is 2.69. The third kappa shape index (κ3) is 4.15. The number of alkyl halides is 2. The quantitative estimate of drug-likeness (QED) is 0.610. The summed E-state index contributed by atoms with van der Waals surface area (Å²) >= 11 is 5.61. The van der Waals surface area contributed by atoms with Crippen LogP contribution in [-0.4, -0.2) is 33.6 Å². The van der Waals surface area contributed by atoms with E-state index >= 15 is 0 Å². The van der Waals surface area contributed by atoms with Gasteiger partial charge in [-0.1, -0.05) is 11.6 Å². The number of carbonyl (C=O) groups excluding carboxylic acids is 2. The lowest BCUT2D eigenvalue weighted by Gasteiger charge is -2.70. The van der Waals surface area contributed by atoms with Gasteiger partial charge in [-0.15, -0.1) is 0 Å². The molecule has 2 bridgehead atoms. The molecule has 0 spiro atoms. The van der Waals surface area contributed by atoms with Crippen LogP contribution in [0.1, 0.15) is 48.8 Å². The molecule has 1 aromatic heterocycles. The van der Waals surface area contributed by atoms with E-state index in [-0.39, 0.29) is 57.8 Å². The lowest BCUT2D eigenvalue weighted by atomic mass is 9.38. The van der Waals surface area contributed by atoms with E-state index in [0.717, 1.165) is 23.7 Å². The summed E-state index contributed by atoms with van der Waals surface area (Å²) in [4.78, 5) is 24.7. The maximum Gasteiger partial charge on any atom is 0.286 e. The van der Waals surface area contributed by atoms with Gasteiger partial charge in [-0.25, -0.2) is 4.39 Å². The summed E-state index contributed by atoms with van der Waals surface area (Å²) in [6.45, 7) is 0.496. The molecule has 3 aliphatic carbocycles. The van der Waals surface area contributed by atoms with E-state index in [1.54, 1.807) is 0 Å². The highest BCUT2D eigenvalue weighted by Gasteiger charge is 2.68. The van der Waals surface area contributed by atoms with Crippen molar-refractivity contribution >= 4 is 23.3 Å². The van der Waals surface area contributed by atoms with Gasteiger partial charge in [-0.05, 0) is 42.9 Å². The molecule has 0 radical (unpaired) electrons. The molecule has 166 valence electrons. The normalized spacial score (nSPS) is 24.2. The smallest absolute Gasteiger partial charge is 0.286 e. The Hall–Kier alpha value is -2.55. The lowest BCUT2D eigenvalue weighted by Crippen LogP contribution is -2.75. The van der Waals surface area contributed by atoms with Gasteiger partial charge in [0.2, 0.25) is 0 Å². The van der Waals surface area contributed by atoms with Crippen molar-refractivity contribution in [1.82, 2.24) is 15.1 Å². The Bertz CT molecular complexity index is 1040. The second kappa shape index (κ2) is 7.25. The molecule has 0 unspecified atom stereocenters. The summed E-state index contributed by atoms with van der Waals surface area (Å²) < 4.78 is 46.8. The Kier molecular flexibility index (Phi) is 5.07. The zero-order valence-electron chi connectivity index (χ0n) is 17.0. The van der Waals surface area contributed by atoms with Gasteiger partial charge in [0.05, 0.1) is 5.02 Å². The highest BCUT2D eigenvalue weighted by atomic mass is 35.5. The van der Waals surface area contributed by atoms with Crippen LogP contribution in [0.2, 0.25) is 5.02 Å². The summed E-state index contributed by atoms with van der Waals surface area (Å²) in [6.07, 6.45) is 2.11. The number of aryl methyl sites for hydroxylation is 1. The fourth-order valence-corrected chi connectivity index (χ4v) is 4.93. The number of hydrogen-bond acceptors (Lipinski definition) is 4. The van der Waals surface area contributed by atoms with Crippen LogP contribution in [0.15, 0.2) is 24.3 Å². The van der Waals surface area contributed by atoms with Crippen LogP contribution < -0.4 is 10.1 Å². The molecule has 1 N–H and O–H groups in total. The minimum atomic E-state index is -3.08. The maximum atomic E-state index is 13.5. The van der Waals surface area contributed by atoms with Crippen LogP contribution in [0.25, 0.3) is 0 Å². The molecular formula is C21H21ClF3N3O3. The van der Waals surface area contributed by atoms with Crippen LogP contribution in [-0.2, 0) is 17.8 Å². The molecule has 2 aromatic rings. The van der Waals surface area contributed by atoms with Crippen molar-refractivity contribution in [3.05, 3.63) is 46.5 Å². The zero-order chi connectivity index (χ0) is 22.6. The predicted octanol–water partition coefficient (Wildman–Crippen LogP) is 4.02. The van der Waals surface area contributed by atoms with E-state index in [4.69, 9.17) is 16.3 Å². The standard InChI is InChI=1S/C21H21ClF3N3O3/c1-19(24,25)17-6-15(27-28(17)2)16(29)7-20-9-21(10-20,11-20)26-18(30)8-31-12-3-4-13(22)14(23)5-12/h3-6H,7-11H2,1-2H3,(H,26,30). The fourth-order valence-electron chi connectivity index (χ4n) is 4.81. The van der Waals surface area contributed by atoms with Crippen molar-refractivity contribution < 1.29 is 27.5 Å². The van der Waals surface area contributed by atoms with E-state index in [1.807, 2.05) is 0 Å². The molecule has 0 saturated heterocycles. The largest absolute Gasteiger partial charge is 0.484 e. The highest BCUT2D eigenvalue weighted by molar-refractivity contribution is 6.30. The number of ether oxygens (including phenoxy) is 1. The van der Waals surface area contributed by atoms with Gasteiger partial charge >= 0.3 is 0 Å². The number of halogens is 4. The first-order valence-electron chi connectivity index (χ1n) is 9.75. The van der Waals surface area contributed by atoms with Crippen LogP contribution in [0.3, 0.4) is 0 Å². The van der Waals surface area contributed by atoms with Gasteiger partial charge in [-0.2, -0.15) is 13.9 Å². The molecule has 31 heavy (non-hydrogen) atoms. The molecule has 3 aliphatic rings. The SMILES string of the molecule is Cn1nc(C(=O)CC23CC(NC(=O)COc4ccc(Cl)c(F)c4)(C2)C3)cc1C(C)(F)F. The number of nitrogens with one attached hydrogen (secondary N) is 1. The molecule has 1 heterocycles. The molecular weight excluding hydrogens is 435 g/mol. The molecule has 1 aromatic carbocycles. The minimum absolute atomic E-state index is 0.0316. The zero-order valence-corrected chi connectivity index (χ0v) is 17.7. The number of hydrogen-bond donors (Lipinski definition) is 1. The Labute approximate surface area is 181 Å². The predicted molar refractivity (Wildman–Crippen MR) is 106 cm³/mol. The van der Waals surface area contributed by atoms with Crippen LogP contribution >= 0.6 is 11.6 Å². The first kappa shape index (κ1) is 21.7. The van der Waals surface area contributed by atoms with Gasteiger partial charge in [0.25, 0.3) is 11.8 Å². The first-order valence-corrected chi connectivity index (χ1v) is 10.1. The van der Waals surface area contributed by atoms with E-state index in [0.29, 0.717) is 19.3 Å². The Balaban J connectivity index is 1.26. The van der Waals surface area contributed by atoms with Gasteiger partial charge in [0.1, 0.15) is 23.0 Å². The molecule has 5 rings (SSSR count). The third-order valence-electron chi connectivity index (χ3n) is 5.96. The number of benzene rings is 1. The number of rotatable bonds is 8. The van der Waals surface area contributed by atoms with Crippen molar-refractivity contribution in [2.24, 2.45) is 12.5 Å². The monoisotopic (exact) mass is 455 g/mol. The Morgan fingerprint density at radius 2 is 1.97 bits per heavy atom. The average molecular weight is 456 g/mol. The molecule has 6 nitrogen and oxygen atoms in total. The number of Topliss-reactive ketones (excluding diaryl/α,β-unsaturated/α-hetero) is 1. The number of aromatic nitrogens is 2. The van der Waals surface area contributed by atoms with Gasteiger partial charge in [0, 0.05) is 32.0 Å². The van der Waals surface area contributed by atoms with Crippen molar-refractivity contribution in [3.63, 3.8) is 0 Å². The average Bonchev–Trinajstić information content (AvgIpc) is 3.02. The Morgan fingerprint density at radius 3 is 2.55 bits per heavy atom. The van der Waals surface area contributed by atoms with E-state index in [9.17, 15) is 22.8 Å². The number of nitrogens with zero attached hydrogens (tertiary/aromatic N) is 2. The van der Waals surface area contributed by atoms with Crippen molar-refractivity contribution in [3.8, 4) is 5.75 Å². The summed E-state index contributed by atoms with van der Waals surface area (Å²) in [5, 5.41) is 6.81. The van der Waals surface area contributed by atoms with Crippen molar-refractivity contribution in [2.45, 2.75) is 44.1 Å². The van der Waals surface area contributed by atoms with E-state index < -0.39 is 11.7 Å². The second-order valence-electron chi connectivity index (χ2n) is 8.75. The van der Waals surface area contributed by atoms with Gasteiger partial charge in [0.15, 0.2) is 12.4 Å². The first-order chi connectivity index (χ1) is 14.4. The Morgan fingerprint density at radius 1 is 1.29 bits per heavy atom. The molecule has 3 fully saturated rings. The van der Waals surface area contributed by atoms with Gasteiger partial charge in [-0.3, -0.25) is 14.3 Å². The second-order valence-corrected chi connectivity index (χ2v) is 9.16. The third-order valence-corrected chi connectivity index (χ3v) is 6.26. The van der Waals surface area contributed by atoms with Crippen LogP contribution in [0, 0.1) is 11.2 Å². The number of carbonyl (C=O) groups is 2. The minimum Gasteiger partial charge on any atom is -0.484 e. The lowest BCUT2D eigenvalue weighted by molar-refractivity contribution is -0.164. The van der Waals surface area contributed by atoms with E-state index in [2.05, 4.69) is 10.4 Å². The molecule has 0 atom stereocenters. The maximum absolute atomic E-state index is 13.5. The number of ketones is 1. The van der Waals surface area contributed by atoms with Crippen LogP contribution in [0.5, 0.6) is 5.75 Å². The summed E-state index contributed by atoms with van der Waals surface area (Å²) in [5.74, 6) is -4.13. The molecule has 0 aliphatic heterocycles. The van der Waals surface area contributed by atoms with E-state index in [1.165, 1.54) is 19.2 Å². The summed E-state index contributed by atoms with van der Waals surface area (Å²) in [6, 6.07) is 5.06. The summed E-state index contributed by atoms with van der Waals surface area (Å²) in [7, 11) is 1.38. The van der Waals surface area contributed by atoms with Crippen molar-refractivity contribution in [2.75, 3.05) is 6.61 Å². The summed E-state index contributed by atoms with van der Waals surface area (Å²) in [5.41, 5.74) is -0.863. The molecule has 1 amide bonds. The van der Waals surface area contributed by atoms with Crippen molar-refractivity contribution in [1.29, 1.82) is 0 Å². The molecule has 10 heteroatoms.